The Morgan fingerprint density at radius 1 is 1.13 bits per heavy atom. The summed E-state index contributed by atoms with van der Waals surface area (Å²) in [5, 5.41) is 3.38. The smallest absolute Gasteiger partial charge is 0.0341 e. The zero-order chi connectivity index (χ0) is 11.6. The van der Waals surface area contributed by atoms with Gasteiger partial charge in [-0.3, -0.25) is 0 Å². The molecule has 1 atom stereocenters. The summed E-state index contributed by atoms with van der Waals surface area (Å²) >= 11 is 3.60. The van der Waals surface area contributed by atoms with Gasteiger partial charge in [0.05, 0.1) is 0 Å². The monoisotopic (exact) mass is 269 g/mol. The van der Waals surface area contributed by atoms with Crippen LogP contribution in [0.25, 0.3) is 0 Å². The molecular formula is C13H20BrN. The van der Waals surface area contributed by atoms with Crippen molar-refractivity contribution in [1.29, 1.82) is 0 Å². The summed E-state index contributed by atoms with van der Waals surface area (Å²) in [5.74, 6) is 0.606. The van der Waals surface area contributed by atoms with Crippen LogP contribution in [0.1, 0.15) is 36.6 Å². The Kier molecular flexibility index (Phi) is 4.35. The molecule has 0 amide bonds. The first kappa shape index (κ1) is 12.7. The molecule has 0 bridgehead atoms. The van der Waals surface area contributed by atoms with Gasteiger partial charge >= 0.3 is 0 Å². The number of halogens is 1. The molecule has 1 aromatic carbocycles. The van der Waals surface area contributed by atoms with Crippen molar-refractivity contribution in [3.63, 3.8) is 0 Å². The zero-order valence-electron chi connectivity index (χ0n) is 10.2. The second-order valence-corrected chi connectivity index (χ2v) is 5.27. The third-order valence-electron chi connectivity index (χ3n) is 2.80. The molecule has 0 fully saturated rings. The molecule has 0 radical (unpaired) electrons. The van der Waals surface area contributed by atoms with Crippen LogP contribution in [0.15, 0.2) is 16.6 Å². The van der Waals surface area contributed by atoms with E-state index in [0.717, 1.165) is 0 Å². The van der Waals surface area contributed by atoms with Crippen LogP contribution in [0, 0.1) is 19.8 Å². The molecule has 84 valence electrons. The number of hydrogen-bond acceptors (Lipinski definition) is 1. The summed E-state index contributed by atoms with van der Waals surface area (Å²) in [5.41, 5.74) is 4.00. The van der Waals surface area contributed by atoms with E-state index in [0.29, 0.717) is 12.0 Å². The van der Waals surface area contributed by atoms with E-state index < -0.39 is 0 Å². The van der Waals surface area contributed by atoms with Crippen LogP contribution in [0.2, 0.25) is 0 Å². The first-order valence-corrected chi connectivity index (χ1v) is 6.20. The quantitative estimate of drug-likeness (QED) is 0.876. The van der Waals surface area contributed by atoms with E-state index in [2.05, 4.69) is 61.1 Å². The van der Waals surface area contributed by atoms with E-state index in [4.69, 9.17) is 0 Å². The number of hydrogen-bond donors (Lipinski definition) is 1. The molecule has 0 aliphatic carbocycles. The molecule has 0 aliphatic rings. The third-order valence-corrected chi connectivity index (χ3v) is 4.05. The molecule has 0 aliphatic heterocycles. The van der Waals surface area contributed by atoms with Crippen molar-refractivity contribution in [2.75, 3.05) is 7.05 Å². The Bertz CT molecular complexity index is 321. The molecule has 0 saturated carbocycles. The van der Waals surface area contributed by atoms with Gasteiger partial charge in [0.2, 0.25) is 0 Å². The Morgan fingerprint density at radius 3 is 1.93 bits per heavy atom. The van der Waals surface area contributed by atoms with Crippen molar-refractivity contribution in [3.05, 3.63) is 33.3 Å². The van der Waals surface area contributed by atoms with Crippen molar-refractivity contribution < 1.29 is 0 Å². The predicted molar refractivity (Wildman–Crippen MR) is 70.3 cm³/mol. The van der Waals surface area contributed by atoms with Crippen molar-refractivity contribution >= 4 is 15.9 Å². The van der Waals surface area contributed by atoms with E-state index >= 15 is 0 Å². The Labute approximate surface area is 101 Å². The normalized spacial score (nSPS) is 13.3. The van der Waals surface area contributed by atoms with E-state index in [-0.39, 0.29) is 0 Å². The Hall–Kier alpha value is -0.340. The number of benzene rings is 1. The summed E-state index contributed by atoms with van der Waals surface area (Å²) in [7, 11) is 2.03. The highest BCUT2D eigenvalue weighted by Crippen LogP contribution is 2.28. The molecular weight excluding hydrogens is 250 g/mol. The van der Waals surface area contributed by atoms with Gasteiger partial charge in [0.15, 0.2) is 0 Å². The summed E-state index contributed by atoms with van der Waals surface area (Å²) in [4.78, 5) is 0. The zero-order valence-corrected chi connectivity index (χ0v) is 11.8. The standard InChI is InChI=1S/C13H20BrN/c1-8(2)13(15-5)11-6-9(3)12(14)10(4)7-11/h6-8,13,15H,1-5H3. The van der Waals surface area contributed by atoms with E-state index in [9.17, 15) is 0 Å². The van der Waals surface area contributed by atoms with Crippen LogP contribution in [-0.4, -0.2) is 7.05 Å². The maximum Gasteiger partial charge on any atom is 0.0341 e. The van der Waals surface area contributed by atoms with Crippen LogP contribution < -0.4 is 5.32 Å². The van der Waals surface area contributed by atoms with Gasteiger partial charge in [0.1, 0.15) is 0 Å². The lowest BCUT2D eigenvalue weighted by molar-refractivity contribution is 0.443. The maximum atomic E-state index is 3.60. The minimum atomic E-state index is 0.440. The Balaban J connectivity index is 3.14. The van der Waals surface area contributed by atoms with Crippen molar-refractivity contribution in [3.8, 4) is 0 Å². The average molecular weight is 270 g/mol. The van der Waals surface area contributed by atoms with Crippen LogP contribution >= 0.6 is 15.9 Å². The molecule has 1 aromatic rings. The molecule has 15 heavy (non-hydrogen) atoms. The SMILES string of the molecule is CNC(c1cc(C)c(Br)c(C)c1)C(C)C. The molecule has 0 saturated heterocycles. The highest BCUT2D eigenvalue weighted by Gasteiger charge is 2.14. The summed E-state index contributed by atoms with van der Waals surface area (Å²) in [6.45, 7) is 8.78. The Morgan fingerprint density at radius 2 is 1.60 bits per heavy atom. The van der Waals surface area contributed by atoms with Gasteiger partial charge < -0.3 is 5.32 Å². The highest BCUT2D eigenvalue weighted by atomic mass is 79.9. The van der Waals surface area contributed by atoms with Gasteiger partial charge in [0, 0.05) is 10.5 Å². The molecule has 1 unspecified atom stereocenters. The number of aryl methyl sites for hydroxylation is 2. The lowest BCUT2D eigenvalue weighted by atomic mass is 9.93. The lowest BCUT2D eigenvalue weighted by Gasteiger charge is -2.22. The largest absolute Gasteiger partial charge is 0.313 e. The topological polar surface area (TPSA) is 12.0 Å². The maximum absolute atomic E-state index is 3.60. The fourth-order valence-electron chi connectivity index (χ4n) is 2.04. The first-order valence-electron chi connectivity index (χ1n) is 5.41. The van der Waals surface area contributed by atoms with E-state index in [1.165, 1.54) is 21.2 Å². The summed E-state index contributed by atoms with van der Waals surface area (Å²) in [6, 6.07) is 4.96. The molecule has 2 heteroatoms. The van der Waals surface area contributed by atoms with Crippen LogP contribution in [0.4, 0.5) is 0 Å². The molecule has 0 spiro atoms. The average Bonchev–Trinajstić information content (AvgIpc) is 2.14. The van der Waals surface area contributed by atoms with Gasteiger partial charge in [-0.25, -0.2) is 0 Å². The minimum Gasteiger partial charge on any atom is -0.313 e. The first-order chi connectivity index (χ1) is 6.97. The van der Waals surface area contributed by atoms with Gasteiger partial charge in [-0.1, -0.05) is 41.9 Å². The van der Waals surface area contributed by atoms with Gasteiger partial charge in [0.25, 0.3) is 0 Å². The molecule has 0 heterocycles. The minimum absolute atomic E-state index is 0.440. The molecule has 1 nitrogen and oxygen atoms in total. The van der Waals surface area contributed by atoms with Gasteiger partial charge in [-0.2, -0.15) is 0 Å². The highest BCUT2D eigenvalue weighted by molar-refractivity contribution is 9.10. The van der Waals surface area contributed by atoms with Crippen LogP contribution in [0.3, 0.4) is 0 Å². The number of nitrogens with one attached hydrogen (secondary N) is 1. The summed E-state index contributed by atoms with van der Waals surface area (Å²) in [6.07, 6.45) is 0. The van der Waals surface area contributed by atoms with E-state index in [1.807, 2.05) is 7.05 Å². The molecule has 0 aromatic heterocycles. The van der Waals surface area contributed by atoms with Crippen molar-refractivity contribution in [2.45, 2.75) is 33.7 Å². The number of rotatable bonds is 3. The van der Waals surface area contributed by atoms with E-state index in [1.54, 1.807) is 0 Å². The van der Waals surface area contributed by atoms with Crippen LogP contribution in [-0.2, 0) is 0 Å². The molecule has 1 N–H and O–H groups in total. The van der Waals surface area contributed by atoms with Crippen LogP contribution in [0.5, 0.6) is 0 Å². The van der Waals surface area contributed by atoms with Gasteiger partial charge in [-0.05, 0) is 43.5 Å². The fourth-order valence-corrected chi connectivity index (χ4v) is 2.27. The van der Waals surface area contributed by atoms with Crippen molar-refractivity contribution in [2.24, 2.45) is 5.92 Å². The third kappa shape index (κ3) is 2.82. The van der Waals surface area contributed by atoms with Crippen molar-refractivity contribution in [1.82, 2.24) is 5.32 Å². The fraction of sp³-hybridized carbons (Fsp3) is 0.538. The second kappa shape index (κ2) is 5.13. The van der Waals surface area contributed by atoms with Gasteiger partial charge in [-0.15, -0.1) is 0 Å². The lowest BCUT2D eigenvalue weighted by Crippen LogP contribution is -2.21. The summed E-state index contributed by atoms with van der Waals surface area (Å²) < 4.78 is 1.23. The predicted octanol–water partition coefficient (Wildman–Crippen LogP) is 3.98. The molecule has 1 rings (SSSR count). The second-order valence-electron chi connectivity index (χ2n) is 4.48.